The highest BCUT2D eigenvalue weighted by Crippen LogP contribution is 2.36. The van der Waals surface area contributed by atoms with E-state index in [1.807, 2.05) is 6.07 Å². The average Bonchev–Trinajstić information content (AvgIpc) is 3.48. The molecule has 2 fully saturated rings. The summed E-state index contributed by atoms with van der Waals surface area (Å²) in [7, 11) is 0. The van der Waals surface area contributed by atoms with Gasteiger partial charge in [0.25, 0.3) is 5.91 Å². The van der Waals surface area contributed by atoms with Crippen LogP contribution in [0.5, 0.6) is 5.75 Å². The zero-order valence-corrected chi connectivity index (χ0v) is 16.4. The summed E-state index contributed by atoms with van der Waals surface area (Å²) < 4.78 is 8.78. The third-order valence-corrected chi connectivity index (χ3v) is 6.29. The summed E-state index contributed by atoms with van der Waals surface area (Å²) in [5.74, 6) is 0.788. The van der Waals surface area contributed by atoms with Crippen LogP contribution in [0.15, 0.2) is 41.5 Å². The molecule has 29 heavy (non-hydrogen) atoms. The number of hydrogen-bond donors (Lipinski definition) is 2. The molecule has 1 saturated heterocycles. The lowest BCUT2D eigenvalue weighted by Crippen LogP contribution is -2.42. The van der Waals surface area contributed by atoms with Crippen molar-refractivity contribution in [3.05, 3.63) is 52.8 Å². The first kappa shape index (κ1) is 18.1. The van der Waals surface area contributed by atoms with Crippen LogP contribution in [0.3, 0.4) is 0 Å². The molecular formula is C22H26N4O3. The monoisotopic (exact) mass is 394 g/mol. The normalized spacial score (nSPS) is 18.6. The van der Waals surface area contributed by atoms with Gasteiger partial charge >= 0.3 is 5.69 Å². The number of fused-ring (bicyclic) bond motifs is 1. The fraction of sp³-hybridized carbons (Fsp3) is 0.455. The summed E-state index contributed by atoms with van der Waals surface area (Å²) in [6.07, 6.45) is 10.4. The second kappa shape index (κ2) is 7.46. The van der Waals surface area contributed by atoms with Gasteiger partial charge in [0.2, 0.25) is 0 Å². The van der Waals surface area contributed by atoms with Gasteiger partial charge in [-0.2, -0.15) is 0 Å². The molecule has 7 nitrogen and oxygen atoms in total. The topological polar surface area (TPSA) is 83.1 Å². The first-order valence-corrected chi connectivity index (χ1v) is 10.5. The summed E-state index contributed by atoms with van der Waals surface area (Å²) in [6, 6.07) is 9.08. The van der Waals surface area contributed by atoms with Gasteiger partial charge in [-0.25, -0.2) is 4.79 Å². The number of imidazole rings is 1. The molecule has 1 saturated carbocycles. The Balaban J connectivity index is 1.26. The summed E-state index contributed by atoms with van der Waals surface area (Å²) >= 11 is 0. The van der Waals surface area contributed by atoms with Crippen LogP contribution in [-0.4, -0.2) is 44.5 Å². The second-order valence-electron chi connectivity index (χ2n) is 8.12. The molecular weight excluding hydrogens is 368 g/mol. The minimum atomic E-state index is -0.357. The largest absolute Gasteiger partial charge is 0.490 e. The van der Waals surface area contributed by atoms with Crippen molar-refractivity contribution in [2.45, 2.75) is 50.7 Å². The predicted molar refractivity (Wildman–Crippen MR) is 110 cm³/mol. The Labute approximate surface area is 168 Å². The first-order chi connectivity index (χ1) is 14.2. The number of carbonyl (C=O) groups excluding carboxylic acids is 1. The highest BCUT2D eigenvalue weighted by atomic mass is 16.5. The molecule has 2 aliphatic rings. The predicted octanol–water partition coefficient (Wildman–Crippen LogP) is 3.46. The molecule has 152 valence electrons. The number of carbonyl (C=O) groups is 1. The van der Waals surface area contributed by atoms with Crippen molar-refractivity contribution in [1.82, 2.24) is 19.4 Å². The van der Waals surface area contributed by atoms with Crippen molar-refractivity contribution in [1.29, 1.82) is 0 Å². The van der Waals surface area contributed by atoms with Gasteiger partial charge in [0.15, 0.2) is 0 Å². The second-order valence-corrected chi connectivity index (χ2v) is 8.12. The Morgan fingerprint density at radius 1 is 1.07 bits per heavy atom. The van der Waals surface area contributed by atoms with Crippen molar-refractivity contribution in [2.24, 2.45) is 0 Å². The quantitative estimate of drug-likeness (QED) is 0.711. The zero-order chi connectivity index (χ0) is 19.8. The fourth-order valence-corrected chi connectivity index (χ4v) is 4.74. The van der Waals surface area contributed by atoms with Crippen LogP contribution in [0.25, 0.3) is 10.9 Å². The SMILES string of the molecule is O=C(c1c[nH]c(=O)[nH]1)N1CCC(Oc2cccc3c2ccn3C2CCCC2)CC1. The Kier molecular flexibility index (Phi) is 4.66. The van der Waals surface area contributed by atoms with E-state index in [1.54, 1.807) is 4.90 Å². The van der Waals surface area contributed by atoms with Crippen LogP contribution < -0.4 is 10.4 Å². The number of aromatic nitrogens is 3. The molecule has 1 aliphatic heterocycles. The third kappa shape index (κ3) is 3.45. The van der Waals surface area contributed by atoms with E-state index in [-0.39, 0.29) is 17.7 Å². The first-order valence-electron chi connectivity index (χ1n) is 10.5. The van der Waals surface area contributed by atoms with Gasteiger partial charge in [0.1, 0.15) is 17.5 Å². The molecule has 0 atom stereocenters. The molecule has 3 aromatic rings. The maximum Gasteiger partial charge on any atom is 0.323 e. The smallest absolute Gasteiger partial charge is 0.323 e. The van der Waals surface area contributed by atoms with Crippen LogP contribution in [0, 0.1) is 0 Å². The number of benzene rings is 1. The molecule has 3 heterocycles. The Morgan fingerprint density at radius 3 is 2.59 bits per heavy atom. The van der Waals surface area contributed by atoms with E-state index in [0.717, 1.165) is 18.6 Å². The minimum absolute atomic E-state index is 0.0877. The Bertz CT molecular complexity index is 1070. The molecule has 2 N–H and O–H groups in total. The summed E-state index contributed by atoms with van der Waals surface area (Å²) in [5, 5.41) is 1.17. The number of H-pyrrole nitrogens is 2. The van der Waals surface area contributed by atoms with Crippen LogP contribution in [0.1, 0.15) is 55.1 Å². The van der Waals surface area contributed by atoms with Crippen molar-refractivity contribution in [3.63, 3.8) is 0 Å². The Morgan fingerprint density at radius 2 is 1.86 bits per heavy atom. The van der Waals surface area contributed by atoms with E-state index in [4.69, 9.17) is 4.74 Å². The molecule has 5 rings (SSSR count). The number of nitrogens with one attached hydrogen (secondary N) is 2. The molecule has 0 unspecified atom stereocenters. The van der Waals surface area contributed by atoms with E-state index in [9.17, 15) is 9.59 Å². The molecule has 1 amide bonds. The van der Waals surface area contributed by atoms with Gasteiger partial charge in [-0.1, -0.05) is 18.9 Å². The van der Waals surface area contributed by atoms with Crippen LogP contribution in [-0.2, 0) is 0 Å². The van der Waals surface area contributed by atoms with Crippen molar-refractivity contribution >= 4 is 16.8 Å². The number of nitrogens with zero attached hydrogens (tertiary/aromatic N) is 2. The van der Waals surface area contributed by atoms with Crippen molar-refractivity contribution in [2.75, 3.05) is 13.1 Å². The van der Waals surface area contributed by atoms with E-state index in [1.165, 1.54) is 42.8 Å². The van der Waals surface area contributed by atoms with Crippen LogP contribution >= 0.6 is 0 Å². The van der Waals surface area contributed by atoms with Crippen molar-refractivity contribution < 1.29 is 9.53 Å². The number of ether oxygens (including phenoxy) is 1. The average molecular weight is 394 g/mol. The maximum atomic E-state index is 12.5. The van der Waals surface area contributed by atoms with Gasteiger partial charge in [-0.15, -0.1) is 0 Å². The lowest BCUT2D eigenvalue weighted by atomic mass is 10.1. The number of hydrogen-bond acceptors (Lipinski definition) is 3. The molecule has 1 aliphatic carbocycles. The van der Waals surface area contributed by atoms with Crippen LogP contribution in [0.4, 0.5) is 0 Å². The van der Waals surface area contributed by atoms with Gasteiger partial charge in [0.05, 0.1) is 5.52 Å². The molecule has 7 heteroatoms. The zero-order valence-electron chi connectivity index (χ0n) is 16.4. The summed E-state index contributed by atoms with van der Waals surface area (Å²) in [6.45, 7) is 1.24. The van der Waals surface area contributed by atoms with Gasteiger partial charge in [0, 0.05) is 49.8 Å². The summed E-state index contributed by atoms with van der Waals surface area (Å²) in [4.78, 5) is 30.5. The number of likely N-dealkylation sites (tertiary alicyclic amines) is 1. The van der Waals surface area contributed by atoms with Crippen LogP contribution in [0.2, 0.25) is 0 Å². The van der Waals surface area contributed by atoms with E-state index < -0.39 is 0 Å². The summed E-state index contributed by atoms with van der Waals surface area (Å²) in [5.41, 5.74) is 1.20. The Hall–Kier alpha value is -2.96. The highest BCUT2D eigenvalue weighted by Gasteiger charge is 2.26. The minimum Gasteiger partial charge on any atom is -0.490 e. The number of aromatic amines is 2. The standard InChI is InChI=1S/C22H26N4O3/c27-21(18-14-23-22(28)24-18)25-11-8-16(9-12-25)29-20-7-3-6-19-17(20)10-13-26(19)15-4-1-2-5-15/h3,6-7,10,13-16H,1-2,4-5,8-9,11-12H2,(H2,23,24,28). The molecule has 1 aromatic carbocycles. The van der Waals surface area contributed by atoms with E-state index in [2.05, 4.69) is 38.9 Å². The maximum absolute atomic E-state index is 12.5. The lowest BCUT2D eigenvalue weighted by Gasteiger charge is -2.32. The number of rotatable bonds is 4. The highest BCUT2D eigenvalue weighted by molar-refractivity contribution is 5.92. The van der Waals surface area contributed by atoms with E-state index in [0.29, 0.717) is 24.8 Å². The molecule has 0 radical (unpaired) electrons. The lowest BCUT2D eigenvalue weighted by molar-refractivity contribution is 0.0593. The number of piperidine rings is 1. The molecule has 0 bridgehead atoms. The van der Waals surface area contributed by atoms with Gasteiger partial charge in [-0.05, 0) is 31.0 Å². The van der Waals surface area contributed by atoms with Crippen molar-refractivity contribution in [3.8, 4) is 5.75 Å². The number of amides is 1. The molecule has 2 aromatic heterocycles. The molecule has 0 spiro atoms. The fourth-order valence-electron chi connectivity index (χ4n) is 4.74. The van der Waals surface area contributed by atoms with E-state index >= 15 is 0 Å². The van der Waals surface area contributed by atoms with Gasteiger partial charge < -0.3 is 24.2 Å². The third-order valence-electron chi connectivity index (χ3n) is 6.29. The van der Waals surface area contributed by atoms with Gasteiger partial charge in [-0.3, -0.25) is 4.79 Å².